The largest absolute Gasteiger partial charge is 0.392 e. The number of halogens is 2. The molecule has 0 aliphatic rings. The lowest BCUT2D eigenvalue weighted by molar-refractivity contribution is 0.283. The molecule has 74 valence electrons. The normalized spacial score (nSPS) is 11.1. The Balaban J connectivity index is 2.82. The number of thiophene rings is 1. The summed E-state index contributed by atoms with van der Waals surface area (Å²) in [5.74, 6) is 0. The number of aliphatic hydroxyl groups is 1. The van der Waals surface area contributed by atoms with Crippen LogP contribution < -0.4 is 0 Å². The van der Waals surface area contributed by atoms with Gasteiger partial charge in [0.2, 0.25) is 0 Å². The minimum Gasteiger partial charge on any atom is -0.392 e. The molecule has 2 rings (SSSR count). The Labute approximate surface area is 99.4 Å². The lowest BCUT2D eigenvalue weighted by Crippen LogP contribution is -1.86. The molecule has 0 saturated heterocycles. The fourth-order valence-electron chi connectivity index (χ4n) is 1.48. The molecular weight excluding hydrogens is 284 g/mol. The van der Waals surface area contributed by atoms with Crippen LogP contribution in [-0.4, -0.2) is 5.11 Å². The summed E-state index contributed by atoms with van der Waals surface area (Å²) in [6.07, 6.45) is 0. The molecule has 14 heavy (non-hydrogen) atoms. The molecule has 1 N–H and O–H groups in total. The summed E-state index contributed by atoms with van der Waals surface area (Å²) in [5, 5.41) is 13.9. The first kappa shape index (κ1) is 10.4. The molecule has 1 aromatic carbocycles. The van der Waals surface area contributed by atoms with Gasteiger partial charge in [0.05, 0.1) is 16.3 Å². The summed E-state index contributed by atoms with van der Waals surface area (Å²) >= 11 is 11.1. The molecule has 0 radical (unpaired) electrons. The van der Waals surface area contributed by atoms with Crippen LogP contribution in [0.5, 0.6) is 0 Å². The first-order chi connectivity index (χ1) is 6.77. The zero-order valence-corrected chi connectivity index (χ0v) is 10.4. The highest BCUT2D eigenvalue weighted by atomic mass is 79.9. The summed E-state index contributed by atoms with van der Waals surface area (Å²) in [4.78, 5) is 0. The molecule has 1 nitrogen and oxygen atoms in total. The van der Waals surface area contributed by atoms with Gasteiger partial charge < -0.3 is 5.11 Å². The zero-order chi connectivity index (χ0) is 10.1. The van der Waals surface area contributed by atoms with Crippen molar-refractivity contribution in [3.63, 3.8) is 0 Å². The first-order valence-electron chi connectivity index (χ1n) is 4.12. The Kier molecular flexibility index (Phi) is 3.12. The van der Waals surface area contributed by atoms with Crippen molar-refractivity contribution >= 4 is 49.0 Å². The highest BCUT2D eigenvalue weighted by molar-refractivity contribution is 9.08. The monoisotopic (exact) mass is 290 g/mol. The van der Waals surface area contributed by atoms with Crippen molar-refractivity contribution in [1.29, 1.82) is 0 Å². The summed E-state index contributed by atoms with van der Waals surface area (Å²) < 4.78 is 1.06. The molecule has 0 spiro atoms. The van der Waals surface area contributed by atoms with Crippen LogP contribution in [0.3, 0.4) is 0 Å². The van der Waals surface area contributed by atoms with Gasteiger partial charge in [0, 0.05) is 10.7 Å². The summed E-state index contributed by atoms with van der Waals surface area (Å²) in [6.45, 7) is 0.0599. The number of fused-ring (bicyclic) bond motifs is 1. The maximum absolute atomic E-state index is 9.21. The summed E-state index contributed by atoms with van der Waals surface area (Å²) in [7, 11) is 0. The predicted octanol–water partition coefficient (Wildman–Crippen LogP) is 3.94. The van der Waals surface area contributed by atoms with E-state index in [4.69, 9.17) is 11.6 Å². The predicted molar refractivity (Wildman–Crippen MR) is 65.4 cm³/mol. The van der Waals surface area contributed by atoms with E-state index in [2.05, 4.69) is 21.3 Å². The van der Waals surface area contributed by atoms with Crippen LogP contribution in [0, 0.1) is 0 Å². The first-order valence-corrected chi connectivity index (χ1v) is 6.50. The number of alkyl halides is 1. The van der Waals surface area contributed by atoms with E-state index in [9.17, 15) is 5.11 Å². The van der Waals surface area contributed by atoms with Crippen LogP contribution in [0.2, 0.25) is 5.02 Å². The van der Waals surface area contributed by atoms with Crippen molar-refractivity contribution in [2.45, 2.75) is 11.9 Å². The molecule has 0 saturated carbocycles. The lowest BCUT2D eigenvalue weighted by Gasteiger charge is -2.02. The number of hydrogen-bond acceptors (Lipinski definition) is 2. The van der Waals surface area contributed by atoms with Gasteiger partial charge in [0.25, 0.3) is 0 Å². The topological polar surface area (TPSA) is 20.2 Å². The Morgan fingerprint density at radius 1 is 1.36 bits per heavy atom. The van der Waals surface area contributed by atoms with Gasteiger partial charge in [-0.2, -0.15) is 0 Å². The number of aliphatic hydroxyl groups excluding tert-OH is 1. The van der Waals surface area contributed by atoms with E-state index in [0.29, 0.717) is 0 Å². The van der Waals surface area contributed by atoms with E-state index in [1.807, 2.05) is 12.1 Å². The Bertz CT molecular complexity index is 466. The van der Waals surface area contributed by atoms with Gasteiger partial charge in [-0.05, 0) is 22.6 Å². The van der Waals surface area contributed by atoms with Crippen molar-refractivity contribution in [2.24, 2.45) is 0 Å². The third kappa shape index (κ3) is 1.58. The third-order valence-corrected chi connectivity index (χ3v) is 4.24. The minimum atomic E-state index is 0.0599. The Morgan fingerprint density at radius 2 is 2.14 bits per heavy atom. The maximum Gasteiger partial charge on any atom is 0.0688 e. The van der Waals surface area contributed by atoms with E-state index >= 15 is 0 Å². The van der Waals surface area contributed by atoms with Crippen molar-refractivity contribution in [3.05, 3.63) is 33.7 Å². The molecule has 1 heterocycles. The van der Waals surface area contributed by atoms with Crippen LogP contribution in [0.1, 0.15) is 11.1 Å². The van der Waals surface area contributed by atoms with Crippen LogP contribution in [0.25, 0.3) is 10.1 Å². The second-order valence-electron chi connectivity index (χ2n) is 2.96. The van der Waals surface area contributed by atoms with Crippen molar-refractivity contribution in [2.75, 3.05) is 0 Å². The third-order valence-electron chi connectivity index (χ3n) is 2.15. The van der Waals surface area contributed by atoms with Gasteiger partial charge in [-0.1, -0.05) is 33.6 Å². The van der Waals surface area contributed by atoms with E-state index in [0.717, 1.165) is 26.0 Å². The molecule has 2 aromatic rings. The summed E-state index contributed by atoms with van der Waals surface area (Å²) in [6, 6.07) is 3.72. The molecule has 4 heteroatoms. The van der Waals surface area contributed by atoms with Crippen molar-refractivity contribution in [3.8, 4) is 0 Å². The number of benzene rings is 1. The molecule has 0 aliphatic heterocycles. The molecule has 0 aliphatic carbocycles. The van der Waals surface area contributed by atoms with E-state index in [1.165, 1.54) is 5.56 Å². The van der Waals surface area contributed by atoms with Crippen LogP contribution in [-0.2, 0) is 11.9 Å². The minimum absolute atomic E-state index is 0.0599. The van der Waals surface area contributed by atoms with Gasteiger partial charge >= 0.3 is 0 Å². The standard InChI is InChI=1S/C10H8BrClOS/c11-3-7-5-14-10-8(12)2-1-6(4-13)9(7)10/h1-2,5,13H,3-4H2. The van der Waals surface area contributed by atoms with Crippen LogP contribution in [0.15, 0.2) is 17.5 Å². The second-order valence-corrected chi connectivity index (χ2v) is 4.81. The maximum atomic E-state index is 9.21. The number of rotatable bonds is 2. The SMILES string of the molecule is OCc1ccc(Cl)c2scc(CBr)c12. The molecule has 0 bridgehead atoms. The lowest BCUT2D eigenvalue weighted by atomic mass is 10.1. The Hall–Kier alpha value is -0.0900. The number of hydrogen-bond donors (Lipinski definition) is 1. The quantitative estimate of drug-likeness (QED) is 0.831. The van der Waals surface area contributed by atoms with E-state index in [1.54, 1.807) is 11.3 Å². The zero-order valence-electron chi connectivity index (χ0n) is 7.26. The average molecular weight is 292 g/mol. The van der Waals surface area contributed by atoms with Crippen LogP contribution >= 0.6 is 38.9 Å². The highest BCUT2D eigenvalue weighted by Crippen LogP contribution is 2.35. The fraction of sp³-hybridized carbons (Fsp3) is 0.200. The molecule has 1 aromatic heterocycles. The van der Waals surface area contributed by atoms with Crippen molar-refractivity contribution in [1.82, 2.24) is 0 Å². The van der Waals surface area contributed by atoms with E-state index < -0.39 is 0 Å². The molecule has 0 amide bonds. The summed E-state index contributed by atoms with van der Waals surface area (Å²) in [5.41, 5.74) is 2.14. The fourth-order valence-corrected chi connectivity index (χ4v) is 3.45. The smallest absolute Gasteiger partial charge is 0.0688 e. The van der Waals surface area contributed by atoms with Crippen LogP contribution in [0.4, 0.5) is 0 Å². The molecule has 0 atom stereocenters. The van der Waals surface area contributed by atoms with E-state index in [-0.39, 0.29) is 6.61 Å². The van der Waals surface area contributed by atoms with Gasteiger partial charge in [-0.25, -0.2) is 0 Å². The molecule has 0 fully saturated rings. The highest BCUT2D eigenvalue weighted by Gasteiger charge is 2.10. The molecule has 0 unspecified atom stereocenters. The average Bonchev–Trinajstić information content (AvgIpc) is 2.63. The van der Waals surface area contributed by atoms with Gasteiger partial charge in [0.1, 0.15) is 0 Å². The second kappa shape index (κ2) is 4.19. The molecular formula is C10H8BrClOS. The van der Waals surface area contributed by atoms with Gasteiger partial charge in [0.15, 0.2) is 0 Å². The Morgan fingerprint density at radius 3 is 2.79 bits per heavy atom. The van der Waals surface area contributed by atoms with Gasteiger partial charge in [-0.15, -0.1) is 11.3 Å². The van der Waals surface area contributed by atoms with Gasteiger partial charge in [-0.3, -0.25) is 0 Å². The van der Waals surface area contributed by atoms with Crippen molar-refractivity contribution < 1.29 is 5.11 Å².